The van der Waals surface area contributed by atoms with Gasteiger partial charge in [0.2, 0.25) is 5.69 Å². The first-order chi connectivity index (χ1) is 26.7. The second-order valence-corrected chi connectivity index (χ2v) is 18.8. The van der Waals surface area contributed by atoms with Crippen LogP contribution in [0.2, 0.25) is 0 Å². The number of nitrogens with zero attached hydrogens (tertiary/aromatic N) is 2. The largest absolute Gasteiger partial charge is 0.347 e. The first-order valence-corrected chi connectivity index (χ1v) is 21.4. The van der Waals surface area contributed by atoms with Gasteiger partial charge in [0, 0.05) is 56.2 Å². The molecule has 5 aromatic rings. The fourth-order valence-electron chi connectivity index (χ4n) is 8.84. The van der Waals surface area contributed by atoms with Crippen LogP contribution in [0.3, 0.4) is 0 Å². The van der Waals surface area contributed by atoms with E-state index in [1.54, 1.807) is 6.07 Å². The molecule has 56 heavy (non-hydrogen) atoms. The number of allylic oxidation sites excluding steroid dienone is 7. The van der Waals surface area contributed by atoms with E-state index in [4.69, 9.17) is 5.26 Å². The van der Waals surface area contributed by atoms with E-state index >= 15 is 0 Å². The van der Waals surface area contributed by atoms with E-state index in [-0.39, 0.29) is 15.7 Å². The summed E-state index contributed by atoms with van der Waals surface area (Å²) in [6.07, 6.45) is 11.0. The molecule has 0 bridgehead atoms. The van der Waals surface area contributed by atoms with Gasteiger partial charge in [-0.05, 0) is 120 Å². The molecule has 3 aliphatic rings. The number of likely N-dealkylation sites (N-methyl/N-ethyl adjacent to an activating group) is 1. The number of anilines is 1. The fourth-order valence-corrected chi connectivity index (χ4v) is 10.9. The van der Waals surface area contributed by atoms with Crippen LogP contribution < -0.4 is 4.90 Å². The molecule has 0 unspecified atom stereocenters. The van der Waals surface area contributed by atoms with Gasteiger partial charge in [-0.2, -0.15) is 13.0 Å². The lowest BCUT2D eigenvalue weighted by atomic mass is 9.79. The number of thioether (sulfide) groups is 1. The van der Waals surface area contributed by atoms with Crippen LogP contribution in [0.25, 0.3) is 21.5 Å². The van der Waals surface area contributed by atoms with Gasteiger partial charge in [-0.15, -0.1) is 4.33 Å². The SMILES string of the molecule is CN1C(=C/C=C2\CCC(C=CC3=[N+](C)c4ccc5cc(SOOO)ccc5c4C3(C)C)=C2Sc2ccccc2)C(C)(C)c2c1ccc1cc(S(=O)(=O)O)ccc21. The van der Waals surface area contributed by atoms with E-state index in [9.17, 15) is 13.0 Å². The van der Waals surface area contributed by atoms with Gasteiger partial charge >= 0.3 is 0 Å². The lowest BCUT2D eigenvalue weighted by Crippen LogP contribution is -2.26. The van der Waals surface area contributed by atoms with Crippen LogP contribution >= 0.6 is 23.8 Å². The Morgan fingerprint density at radius 3 is 2.27 bits per heavy atom. The number of hydrogen-bond donors (Lipinski definition) is 2. The molecule has 8 rings (SSSR count). The molecule has 286 valence electrons. The molecule has 2 heterocycles. The molecule has 0 atom stereocenters. The van der Waals surface area contributed by atoms with Crippen molar-refractivity contribution in [2.24, 2.45) is 0 Å². The molecular weight excluding hydrogens is 761 g/mol. The van der Waals surface area contributed by atoms with Crippen molar-refractivity contribution in [1.82, 2.24) is 0 Å². The summed E-state index contributed by atoms with van der Waals surface area (Å²) in [4.78, 5) is 5.41. The summed E-state index contributed by atoms with van der Waals surface area (Å²) in [5.74, 6) is 0. The standard InChI is InChI=1S/C45H42N2O6S3/c1-44(2)39(46(5)37-22-14-30-26-33(55-53-52-48)18-20-35(30)41(37)44)24-16-28-12-13-29(43(28)54-32-10-8-7-9-11-32)17-25-40-45(3,4)42-36-21-19-34(56(49,50)51)27-31(36)15-23-38(42)47(40)6/h7-11,14-27H,12-13H2,1-6H3,(H-,48,49,50,51)/p+1. The van der Waals surface area contributed by atoms with E-state index in [0.29, 0.717) is 0 Å². The highest BCUT2D eigenvalue weighted by molar-refractivity contribution is 8.03. The predicted octanol–water partition coefficient (Wildman–Crippen LogP) is 11.3. The molecule has 0 saturated carbocycles. The van der Waals surface area contributed by atoms with Crippen molar-refractivity contribution < 1.29 is 32.2 Å². The van der Waals surface area contributed by atoms with Crippen LogP contribution in [0.1, 0.15) is 51.7 Å². The Morgan fingerprint density at radius 2 is 1.52 bits per heavy atom. The van der Waals surface area contributed by atoms with Crippen molar-refractivity contribution in [1.29, 1.82) is 0 Å². The Hall–Kier alpha value is -4.46. The van der Waals surface area contributed by atoms with Crippen LogP contribution in [-0.2, 0) is 30.3 Å². The molecule has 0 aromatic heterocycles. The molecule has 1 aliphatic carbocycles. The monoisotopic (exact) mass is 803 g/mol. The van der Waals surface area contributed by atoms with Crippen LogP contribution in [0, 0.1) is 0 Å². The smallest absolute Gasteiger partial charge is 0.294 e. The van der Waals surface area contributed by atoms with Gasteiger partial charge < -0.3 is 4.90 Å². The van der Waals surface area contributed by atoms with E-state index in [1.165, 1.54) is 49.4 Å². The van der Waals surface area contributed by atoms with Crippen LogP contribution in [0.15, 0.2) is 152 Å². The topological polar surface area (TPSA) is 99.3 Å². The van der Waals surface area contributed by atoms with Crippen molar-refractivity contribution in [2.45, 2.75) is 66.1 Å². The second kappa shape index (κ2) is 14.5. The molecule has 8 nitrogen and oxygen atoms in total. The number of hydrogen-bond acceptors (Lipinski definition) is 8. The molecule has 11 heteroatoms. The highest BCUT2D eigenvalue weighted by atomic mass is 32.2. The molecule has 2 aliphatic heterocycles. The predicted molar refractivity (Wildman–Crippen MR) is 228 cm³/mol. The maximum atomic E-state index is 11.9. The fraction of sp³-hybridized carbons (Fsp3) is 0.222. The molecule has 0 fully saturated rings. The Balaban J connectivity index is 1.15. The van der Waals surface area contributed by atoms with E-state index in [2.05, 4.69) is 127 Å². The highest BCUT2D eigenvalue weighted by Gasteiger charge is 2.44. The van der Waals surface area contributed by atoms with E-state index < -0.39 is 10.1 Å². The second-order valence-electron chi connectivity index (χ2n) is 15.5. The lowest BCUT2D eigenvalue weighted by molar-refractivity contribution is -0.432. The maximum absolute atomic E-state index is 11.9. The molecule has 0 spiro atoms. The third kappa shape index (κ3) is 6.64. The minimum absolute atomic E-state index is 0.105. The van der Waals surface area contributed by atoms with Crippen molar-refractivity contribution >= 4 is 72.6 Å². The molecule has 2 N–H and O–H groups in total. The Labute approximate surface area is 336 Å². The average molecular weight is 804 g/mol. The summed E-state index contributed by atoms with van der Waals surface area (Å²) < 4.78 is 40.5. The van der Waals surface area contributed by atoms with Gasteiger partial charge in [-0.25, -0.2) is 5.26 Å². The van der Waals surface area contributed by atoms with Crippen molar-refractivity contribution in [3.05, 3.63) is 148 Å². The summed E-state index contributed by atoms with van der Waals surface area (Å²) in [6.45, 7) is 9.00. The Kier molecular flexibility index (Phi) is 9.94. The Morgan fingerprint density at radius 1 is 0.804 bits per heavy atom. The summed E-state index contributed by atoms with van der Waals surface area (Å²) >= 11 is 2.77. The zero-order valence-electron chi connectivity index (χ0n) is 32.0. The third-order valence-electron chi connectivity index (χ3n) is 11.5. The first kappa shape index (κ1) is 38.4. The van der Waals surface area contributed by atoms with Crippen LogP contribution in [0.4, 0.5) is 11.4 Å². The number of rotatable bonds is 9. The van der Waals surface area contributed by atoms with Gasteiger partial charge in [0.05, 0.1) is 22.4 Å². The molecule has 0 amide bonds. The first-order valence-electron chi connectivity index (χ1n) is 18.4. The zero-order chi connectivity index (χ0) is 39.6. The normalized spacial score (nSPS) is 19.1. The van der Waals surface area contributed by atoms with Gasteiger partial charge in [0.1, 0.15) is 7.05 Å². The maximum Gasteiger partial charge on any atom is 0.294 e. The highest BCUT2D eigenvalue weighted by Crippen LogP contribution is 2.51. The quantitative estimate of drug-likeness (QED) is 0.0496. The van der Waals surface area contributed by atoms with Crippen LogP contribution in [-0.4, -0.2) is 42.6 Å². The minimum Gasteiger partial charge on any atom is -0.347 e. The molecule has 5 aromatic carbocycles. The average Bonchev–Trinajstić information content (AvgIpc) is 3.71. The molecule has 0 saturated heterocycles. The molecule has 0 radical (unpaired) electrons. The van der Waals surface area contributed by atoms with Gasteiger partial charge in [-0.1, -0.05) is 79.2 Å². The summed E-state index contributed by atoms with van der Waals surface area (Å²) in [5, 5.41) is 16.4. The van der Waals surface area contributed by atoms with Gasteiger partial charge in [-0.3, -0.25) is 4.55 Å². The Bertz CT molecular complexity index is 2710. The van der Waals surface area contributed by atoms with E-state index in [0.717, 1.165) is 62.9 Å². The zero-order valence-corrected chi connectivity index (χ0v) is 34.5. The summed E-state index contributed by atoms with van der Waals surface area (Å²) in [5.41, 5.74) is 8.99. The van der Waals surface area contributed by atoms with Crippen molar-refractivity contribution in [3.63, 3.8) is 0 Å². The number of benzene rings is 5. The van der Waals surface area contributed by atoms with Crippen molar-refractivity contribution in [3.8, 4) is 0 Å². The van der Waals surface area contributed by atoms with Gasteiger partial charge in [0.25, 0.3) is 10.1 Å². The molecular formula is C45H43N2O6S3+. The number of fused-ring (bicyclic) bond motifs is 6. The van der Waals surface area contributed by atoms with Gasteiger partial charge in [0.15, 0.2) is 5.71 Å². The van der Waals surface area contributed by atoms with Crippen LogP contribution in [0.5, 0.6) is 0 Å². The minimum atomic E-state index is -4.31. The summed E-state index contributed by atoms with van der Waals surface area (Å²) in [7, 11) is -0.0771. The van der Waals surface area contributed by atoms with E-state index in [1.807, 2.05) is 48.2 Å². The third-order valence-corrected chi connectivity index (χ3v) is 14.1. The summed E-state index contributed by atoms with van der Waals surface area (Å²) in [6, 6.07) is 29.8. The lowest BCUT2D eigenvalue weighted by Gasteiger charge is -2.24. The van der Waals surface area contributed by atoms with Crippen molar-refractivity contribution in [2.75, 3.05) is 19.0 Å².